The lowest BCUT2D eigenvalue weighted by Gasteiger charge is -2.20. The number of rotatable bonds is 4. The molecule has 132 valence electrons. The zero-order valence-electron chi connectivity index (χ0n) is 14.4. The second-order valence-electron chi connectivity index (χ2n) is 6.24. The van der Waals surface area contributed by atoms with Crippen LogP contribution in [-0.4, -0.2) is 30.0 Å². The Bertz CT molecular complexity index is 930. The summed E-state index contributed by atoms with van der Waals surface area (Å²) in [6.07, 6.45) is 0. The highest BCUT2D eigenvalue weighted by Gasteiger charge is 2.31. The van der Waals surface area contributed by atoms with Crippen molar-refractivity contribution in [1.29, 1.82) is 0 Å². The summed E-state index contributed by atoms with van der Waals surface area (Å²) in [4.78, 5) is 49.0. The largest absolute Gasteiger partial charge is 0.455 e. The molecule has 0 bridgehead atoms. The predicted octanol–water partition coefficient (Wildman–Crippen LogP) is 2.60. The van der Waals surface area contributed by atoms with Gasteiger partial charge < -0.3 is 10.1 Å². The van der Waals surface area contributed by atoms with Crippen LogP contribution in [0.2, 0.25) is 0 Å². The maximum atomic E-state index is 12.8. The number of amides is 1. The van der Waals surface area contributed by atoms with Crippen molar-refractivity contribution in [3.8, 4) is 0 Å². The first-order valence-electron chi connectivity index (χ1n) is 8.18. The van der Waals surface area contributed by atoms with Gasteiger partial charge in [0.15, 0.2) is 18.2 Å². The van der Waals surface area contributed by atoms with Gasteiger partial charge in [-0.1, -0.05) is 50.2 Å². The van der Waals surface area contributed by atoms with Gasteiger partial charge >= 0.3 is 5.97 Å². The van der Waals surface area contributed by atoms with Crippen LogP contribution < -0.4 is 5.32 Å². The SMILES string of the molecule is CC(C)C(=O)OCC(=O)Nc1cccc2c1C(=O)c1ccccc1C2=O. The van der Waals surface area contributed by atoms with Crippen LogP contribution in [-0.2, 0) is 14.3 Å². The van der Waals surface area contributed by atoms with E-state index < -0.39 is 18.5 Å². The van der Waals surface area contributed by atoms with Gasteiger partial charge in [-0.05, 0) is 6.07 Å². The van der Waals surface area contributed by atoms with E-state index in [1.165, 1.54) is 0 Å². The Morgan fingerprint density at radius 2 is 1.54 bits per heavy atom. The summed E-state index contributed by atoms with van der Waals surface area (Å²) in [6, 6.07) is 11.3. The number of carbonyl (C=O) groups excluding carboxylic acids is 4. The molecule has 26 heavy (non-hydrogen) atoms. The van der Waals surface area contributed by atoms with E-state index in [1.54, 1.807) is 56.3 Å². The topological polar surface area (TPSA) is 89.5 Å². The minimum Gasteiger partial charge on any atom is -0.455 e. The normalized spacial score (nSPS) is 12.4. The van der Waals surface area contributed by atoms with E-state index in [9.17, 15) is 19.2 Å². The van der Waals surface area contributed by atoms with Gasteiger partial charge in [0.25, 0.3) is 5.91 Å². The van der Waals surface area contributed by atoms with E-state index in [-0.39, 0.29) is 34.3 Å². The Morgan fingerprint density at radius 1 is 0.923 bits per heavy atom. The summed E-state index contributed by atoms with van der Waals surface area (Å²) < 4.78 is 4.88. The molecule has 0 heterocycles. The zero-order valence-corrected chi connectivity index (χ0v) is 14.4. The van der Waals surface area contributed by atoms with Gasteiger partial charge in [0, 0.05) is 16.7 Å². The number of benzene rings is 2. The van der Waals surface area contributed by atoms with E-state index in [0.717, 1.165) is 0 Å². The third-order valence-corrected chi connectivity index (χ3v) is 4.04. The molecule has 1 N–H and O–H groups in total. The fourth-order valence-corrected chi connectivity index (χ4v) is 2.74. The van der Waals surface area contributed by atoms with Gasteiger partial charge in [-0.15, -0.1) is 0 Å². The molecule has 2 aromatic rings. The highest BCUT2D eigenvalue weighted by atomic mass is 16.5. The Hall–Kier alpha value is -3.28. The Labute approximate surface area is 150 Å². The second kappa shape index (κ2) is 6.92. The molecule has 6 nitrogen and oxygen atoms in total. The van der Waals surface area contributed by atoms with Crippen LogP contribution >= 0.6 is 0 Å². The first-order chi connectivity index (χ1) is 12.4. The number of hydrogen-bond donors (Lipinski definition) is 1. The number of anilines is 1. The van der Waals surface area contributed by atoms with Crippen molar-refractivity contribution >= 4 is 29.1 Å². The summed E-state index contributed by atoms with van der Waals surface area (Å²) in [7, 11) is 0. The van der Waals surface area contributed by atoms with Gasteiger partial charge in [-0.25, -0.2) is 0 Å². The molecule has 3 rings (SSSR count). The summed E-state index contributed by atoms with van der Waals surface area (Å²) in [5.74, 6) is -2.01. The predicted molar refractivity (Wildman–Crippen MR) is 94.2 cm³/mol. The number of nitrogens with one attached hydrogen (secondary N) is 1. The lowest BCUT2D eigenvalue weighted by Crippen LogP contribution is -2.26. The minimum atomic E-state index is -0.577. The Kier molecular flexibility index (Phi) is 4.67. The number of ketones is 2. The van der Waals surface area contributed by atoms with Gasteiger partial charge in [0.2, 0.25) is 0 Å². The average Bonchev–Trinajstić information content (AvgIpc) is 2.64. The minimum absolute atomic E-state index is 0.153. The van der Waals surface area contributed by atoms with Crippen LogP contribution in [0.1, 0.15) is 45.7 Å². The smallest absolute Gasteiger partial charge is 0.308 e. The lowest BCUT2D eigenvalue weighted by molar-refractivity contribution is -0.150. The Balaban J connectivity index is 1.88. The molecule has 6 heteroatoms. The molecule has 2 aromatic carbocycles. The third kappa shape index (κ3) is 3.13. The first-order valence-corrected chi connectivity index (χ1v) is 8.18. The Morgan fingerprint density at radius 3 is 2.19 bits per heavy atom. The maximum Gasteiger partial charge on any atom is 0.308 e. The van der Waals surface area contributed by atoms with E-state index >= 15 is 0 Å². The van der Waals surface area contributed by atoms with E-state index in [1.807, 2.05) is 0 Å². The summed E-state index contributed by atoms with van der Waals surface area (Å²) in [5.41, 5.74) is 1.27. The fourth-order valence-electron chi connectivity index (χ4n) is 2.74. The zero-order chi connectivity index (χ0) is 18.8. The molecular weight excluding hydrogens is 334 g/mol. The standard InChI is InChI=1S/C20H17NO5/c1-11(2)20(25)26-10-16(22)21-15-9-5-8-14-17(15)19(24)13-7-4-3-6-12(13)18(14)23/h3-9,11H,10H2,1-2H3,(H,21,22). The maximum absolute atomic E-state index is 12.8. The lowest BCUT2D eigenvalue weighted by atomic mass is 9.83. The molecule has 0 spiro atoms. The second-order valence-corrected chi connectivity index (χ2v) is 6.24. The summed E-state index contributed by atoms with van der Waals surface area (Å²) in [5, 5.41) is 2.56. The van der Waals surface area contributed by atoms with Gasteiger partial charge in [-0.3, -0.25) is 19.2 Å². The number of hydrogen-bond acceptors (Lipinski definition) is 5. The molecule has 1 aliphatic carbocycles. The molecular formula is C20H17NO5. The van der Waals surface area contributed by atoms with Crippen LogP contribution in [0.25, 0.3) is 0 Å². The van der Waals surface area contributed by atoms with Crippen molar-refractivity contribution < 1.29 is 23.9 Å². The number of ether oxygens (including phenoxy) is 1. The molecule has 0 aliphatic heterocycles. The van der Waals surface area contributed by atoms with Crippen molar-refractivity contribution in [2.24, 2.45) is 5.92 Å². The molecule has 0 unspecified atom stereocenters. The van der Waals surface area contributed by atoms with Crippen LogP contribution in [0.15, 0.2) is 42.5 Å². The number of fused-ring (bicyclic) bond motifs is 2. The monoisotopic (exact) mass is 351 g/mol. The molecule has 0 saturated heterocycles. The number of carbonyl (C=O) groups is 4. The van der Waals surface area contributed by atoms with Gasteiger partial charge in [0.1, 0.15) is 0 Å². The summed E-state index contributed by atoms with van der Waals surface area (Å²) in [6.45, 7) is 2.87. The van der Waals surface area contributed by atoms with Gasteiger partial charge in [0.05, 0.1) is 17.2 Å². The van der Waals surface area contributed by atoms with Crippen molar-refractivity contribution in [3.05, 3.63) is 64.7 Å². The molecule has 0 atom stereocenters. The average molecular weight is 351 g/mol. The number of esters is 1. The molecule has 0 aromatic heterocycles. The molecule has 0 radical (unpaired) electrons. The van der Waals surface area contributed by atoms with Crippen LogP contribution in [0.4, 0.5) is 5.69 Å². The third-order valence-electron chi connectivity index (χ3n) is 4.04. The molecule has 1 amide bonds. The molecule has 0 saturated carbocycles. The summed E-state index contributed by atoms with van der Waals surface area (Å²) >= 11 is 0. The van der Waals surface area contributed by atoms with Crippen LogP contribution in [0.5, 0.6) is 0 Å². The van der Waals surface area contributed by atoms with Crippen molar-refractivity contribution in [2.45, 2.75) is 13.8 Å². The van der Waals surface area contributed by atoms with Crippen molar-refractivity contribution in [2.75, 3.05) is 11.9 Å². The highest BCUT2D eigenvalue weighted by molar-refractivity contribution is 6.30. The van der Waals surface area contributed by atoms with E-state index in [0.29, 0.717) is 11.1 Å². The first kappa shape index (κ1) is 17.5. The van der Waals surface area contributed by atoms with E-state index in [4.69, 9.17) is 4.74 Å². The molecule has 0 fully saturated rings. The van der Waals surface area contributed by atoms with E-state index in [2.05, 4.69) is 5.32 Å². The highest BCUT2D eigenvalue weighted by Crippen LogP contribution is 2.31. The molecule has 1 aliphatic rings. The quantitative estimate of drug-likeness (QED) is 0.730. The fraction of sp³-hybridized carbons (Fsp3) is 0.200. The van der Waals surface area contributed by atoms with Crippen LogP contribution in [0, 0.1) is 5.92 Å². The van der Waals surface area contributed by atoms with Crippen molar-refractivity contribution in [3.63, 3.8) is 0 Å². The van der Waals surface area contributed by atoms with Gasteiger partial charge in [-0.2, -0.15) is 0 Å². The van der Waals surface area contributed by atoms with Crippen LogP contribution in [0.3, 0.4) is 0 Å². The van der Waals surface area contributed by atoms with Crippen molar-refractivity contribution in [1.82, 2.24) is 0 Å².